The molecule has 166 valence electrons. The molecule has 9 heteroatoms. The molecule has 4 unspecified atom stereocenters. The number of pyridine rings is 1. The van der Waals surface area contributed by atoms with Crippen molar-refractivity contribution < 1.29 is 18.9 Å². The van der Waals surface area contributed by atoms with Gasteiger partial charge in [0.25, 0.3) is 0 Å². The number of hydrogen-bond donors (Lipinski definition) is 2. The van der Waals surface area contributed by atoms with E-state index in [1.54, 1.807) is 35.4 Å². The molecule has 0 bridgehead atoms. The van der Waals surface area contributed by atoms with E-state index in [0.717, 1.165) is 5.56 Å². The van der Waals surface area contributed by atoms with Gasteiger partial charge in [-0.15, -0.1) is 0 Å². The second-order valence-corrected chi connectivity index (χ2v) is 9.29. The number of hydrogen-bond acceptors (Lipinski definition) is 4. The van der Waals surface area contributed by atoms with Gasteiger partial charge in [-0.3, -0.25) is 14.6 Å². The summed E-state index contributed by atoms with van der Waals surface area (Å²) >= 11 is 6.03. The van der Waals surface area contributed by atoms with Crippen LogP contribution in [0.3, 0.4) is 0 Å². The summed E-state index contributed by atoms with van der Waals surface area (Å²) in [5.74, 6) is -1.71. The topological polar surface area (TPSA) is 99.6 Å². The average Bonchev–Trinajstić information content (AvgIpc) is 2.77. The van der Waals surface area contributed by atoms with Crippen LogP contribution in [0.1, 0.15) is 44.2 Å². The Morgan fingerprint density at radius 1 is 1.32 bits per heavy atom. The van der Waals surface area contributed by atoms with Crippen LogP contribution in [0.25, 0.3) is 0 Å². The maximum atomic E-state index is 13.3. The Balaban J connectivity index is 1.83. The molecule has 0 radical (unpaired) electrons. The highest BCUT2D eigenvalue weighted by molar-refractivity contribution is 7.83. The summed E-state index contributed by atoms with van der Waals surface area (Å²) in [6.45, 7) is 2.28. The van der Waals surface area contributed by atoms with Crippen molar-refractivity contribution in [3.8, 4) is 0 Å². The van der Waals surface area contributed by atoms with Gasteiger partial charge < -0.3 is 10.0 Å². The molecule has 2 aromatic rings. The number of amides is 1. The van der Waals surface area contributed by atoms with Crippen LogP contribution in [0.2, 0.25) is 5.02 Å². The number of carbonyl (C=O) groups is 2. The number of carboxylic acids is 1. The lowest BCUT2D eigenvalue weighted by atomic mass is 9.85. The summed E-state index contributed by atoms with van der Waals surface area (Å²) < 4.78 is 15.6. The lowest BCUT2D eigenvalue weighted by Crippen LogP contribution is -2.52. The van der Waals surface area contributed by atoms with E-state index in [-0.39, 0.29) is 24.4 Å². The predicted molar refractivity (Wildman–Crippen MR) is 119 cm³/mol. The van der Waals surface area contributed by atoms with Crippen LogP contribution < -0.4 is 4.72 Å². The largest absolute Gasteiger partial charge is 0.481 e. The van der Waals surface area contributed by atoms with E-state index in [9.17, 15) is 18.9 Å². The minimum absolute atomic E-state index is 0.172. The molecule has 4 atom stereocenters. The molecule has 1 amide bonds. The maximum absolute atomic E-state index is 13.3. The van der Waals surface area contributed by atoms with Crippen molar-refractivity contribution in [1.82, 2.24) is 14.6 Å². The van der Waals surface area contributed by atoms with E-state index in [1.807, 2.05) is 19.1 Å². The van der Waals surface area contributed by atoms with Crippen LogP contribution >= 0.6 is 11.6 Å². The summed E-state index contributed by atoms with van der Waals surface area (Å²) in [5.41, 5.74) is 0.957. The summed E-state index contributed by atoms with van der Waals surface area (Å²) in [4.78, 5) is 31.0. The summed E-state index contributed by atoms with van der Waals surface area (Å²) in [6.07, 6.45) is 4.77. The van der Waals surface area contributed by atoms with Gasteiger partial charge in [0.1, 0.15) is 11.0 Å². The van der Waals surface area contributed by atoms with Crippen molar-refractivity contribution >= 4 is 34.5 Å². The predicted octanol–water partition coefficient (Wildman–Crippen LogP) is 3.58. The van der Waals surface area contributed by atoms with E-state index in [2.05, 4.69) is 9.71 Å². The van der Waals surface area contributed by atoms with Crippen LogP contribution in [0.5, 0.6) is 0 Å². The second kappa shape index (κ2) is 10.8. The van der Waals surface area contributed by atoms with Crippen LogP contribution in [0.15, 0.2) is 53.7 Å². The Morgan fingerprint density at radius 2 is 2.06 bits per heavy atom. The van der Waals surface area contributed by atoms with Crippen molar-refractivity contribution in [3.05, 3.63) is 59.4 Å². The van der Waals surface area contributed by atoms with E-state index >= 15 is 0 Å². The lowest BCUT2D eigenvalue weighted by Gasteiger charge is -2.44. The molecular weight excluding hydrogens is 438 g/mol. The molecule has 0 saturated carbocycles. The van der Waals surface area contributed by atoms with Gasteiger partial charge >= 0.3 is 5.97 Å². The SMILES string of the molecule is CCC(CNS(=O)c1cccnc1)N1C(=O)C(CC(=O)O)CCC1c1ccc(Cl)cc1. The quantitative estimate of drug-likeness (QED) is 0.592. The second-order valence-electron chi connectivity index (χ2n) is 7.55. The third-order valence-corrected chi connectivity index (χ3v) is 6.92. The molecule has 1 aliphatic rings. The van der Waals surface area contributed by atoms with Crippen molar-refractivity contribution in [3.63, 3.8) is 0 Å². The molecule has 3 rings (SSSR count). The summed E-state index contributed by atoms with van der Waals surface area (Å²) in [7, 11) is -1.46. The molecular formula is C22H26ClN3O4S. The summed E-state index contributed by atoms with van der Waals surface area (Å²) in [5, 5.41) is 9.85. The van der Waals surface area contributed by atoms with Gasteiger partial charge in [-0.1, -0.05) is 30.7 Å². The number of nitrogens with zero attached hydrogens (tertiary/aromatic N) is 2. The first-order valence-electron chi connectivity index (χ1n) is 10.3. The van der Waals surface area contributed by atoms with E-state index in [1.165, 1.54) is 6.20 Å². The molecule has 1 saturated heterocycles. The monoisotopic (exact) mass is 463 g/mol. The molecule has 1 aromatic heterocycles. The molecule has 0 aliphatic carbocycles. The third-order valence-electron chi connectivity index (χ3n) is 5.57. The Hall–Kier alpha value is -2.29. The molecule has 2 N–H and O–H groups in total. The number of piperidine rings is 1. The zero-order valence-corrected chi connectivity index (χ0v) is 18.8. The van der Waals surface area contributed by atoms with Gasteiger partial charge in [0.05, 0.1) is 17.4 Å². The molecule has 2 heterocycles. The first kappa shape index (κ1) is 23.4. The minimum atomic E-state index is -1.46. The Kier molecular flexibility index (Phi) is 8.17. The molecule has 1 aliphatic heterocycles. The van der Waals surface area contributed by atoms with Crippen LogP contribution in [-0.2, 0) is 20.6 Å². The Morgan fingerprint density at radius 3 is 2.68 bits per heavy atom. The zero-order valence-electron chi connectivity index (χ0n) is 17.2. The molecule has 7 nitrogen and oxygen atoms in total. The maximum Gasteiger partial charge on any atom is 0.304 e. The number of benzene rings is 1. The molecule has 0 spiro atoms. The van der Waals surface area contributed by atoms with Gasteiger partial charge in [-0.05, 0) is 49.1 Å². The van der Waals surface area contributed by atoms with Gasteiger partial charge in [0.2, 0.25) is 5.91 Å². The molecule has 1 aromatic carbocycles. The van der Waals surface area contributed by atoms with Gasteiger partial charge in [0, 0.05) is 35.9 Å². The number of carbonyl (C=O) groups excluding carboxylic acids is 1. The van der Waals surface area contributed by atoms with Crippen molar-refractivity contribution in [1.29, 1.82) is 0 Å². The minimum Gasteiger partial charge on any atom is -0.481 e. The van der Waals surface area contributed by atoms with Gasteiger partial charge in [-0.2, -0.15) is 0 Å². The summed E-state index contributed by atoms with van der Waals surface area (Å²) in [6, 6.07) is 10.4. The van der Waals surface area contributed by atoms with Crippen LogP contribution in [0.4, 0.5) is 0 Å². The first-order valence-corrected chi connectivity index (χ1v) is 11.8. The highest BCUT2D eigenvalue weighted by Crippen LogP contribution is 2.38. The number of carboxylic acid groups (broad SMARTS) is 1. The van der Waals surface area contributed by atoms with Crippen LogP contribution in [-0.4, -0.2) is 43.7 Å². The standard InChI is InChI=1S/C22H26ClN3O4S/c1-2-18(13-25-31(30)19-4-3-11-24-14-19)26-20(15-5-8-17(23)9-6-15)10-7-16(22(26)29)12-21(27)28/h3-6,8-9,11,14,16,18,20,25H,2,7,10,12-13H2,1H3,(H,27,28). The number of halogens is 1. The van der Waals surface area contributed by atoms with Gasteiger partial charge in [-0.25, -0.2) is 8.93 Å². The van der Waals surface area contributed by atoms with Gasteiger partial charge in [0.15, 0.2) is 0 Å². The number of rotatable bonds is 9. The fourth-order valence-electron chi connectivity index (χ4n) is 3.98. The molecule has 1 fully saturated rings. The normalized spacial score (nSPS) is 21.0. The Bertz CT molecular complexity index is 926. The smallest absolute Gasteiger partial charge is 0.304 e. The van der Waals surface area contributed by atoms with Crippen molar-refractivity contribution in [2.75, 3.05) is 6.54 Å². The van der Waals surface area contributed by atoms with E-state index in [0.29, 0.717) is 35.7 Å². The Labute approximate surface area is 189 Å². The highest BCUT2D eigenvalue weighted by Gasteiger charge is 2.40. The number of likely N-dealkylation sites (tertiary alicyclic amines) is 1. The number of aromatic nitrogens is 1. The third kappa shape index (κ3) is 5.90. The van der Waals surface area contributed by atoms with E-state index in [4.69, 9.17) is 11.6 Å². The van der Waals surface area contributed by atoms with Crippen molar-refractivity contribution in [2.45, 2.75) is 49.6 Å². The first-order chi connectivity index (χ1) is 14.9. The average molecular weight is 464 g/mol. The highest BCUT2D eigenvalue weighted by atomic mass is 35.5. The van der Waals surface area contributed by atoms with Crippen molar-refractivity contribution in [2.24, 2.45) is 5.92 Å². The van der Waals surface area contributed by atoms with E-state index < -0.39 is 22.9 Å². The zero-order chi connectivity index (χ0) is 22.4. The van der Waals surface area contributed by atoms with Crippen LogP contribution in [0, 0.1) is 5.92 Å². The molecule has 31 heavy (non-hydrogen) atoms. The number of aliphatic carboxylic acids is 1. The fraction of sp³-hybridized carbons (Fsp3) is 0.409. The lowest BCUT2D eigenvalue weighted by molar-refractivity contribution is -0.151. The number of nitrogens with one attached hydrogen (secondary N) is 1. The fourth-order valence-corrected chi connectivity index (χ4v) is 4.98.